The Bertz CT molecular complexity index is 430. The van der Waals surface area contributed by atoms with E-state index in [0.717, 1.165) is 5.56 Å². The molecule has 2 atom stereocenters. The molecule has 0 aliphatic heterocycles. The van der Waals surface area contributed by atoms with Gasteiger partial charge in [0, 0.05) is 12.1 Å². The molecule has 0 amide bonds. The van der Waals surface area contributed by atoms with Crippen LogP contribution in [0.2, 0.25) is 0 Å². The Morgan fingerprint density at radius 2 is 1.67 bits per heavy atom. The third kappa shape index (κ3) is 5.21. The van der Waals surface area contributed by atoms with Crippen LogP contribution in [0.5, 0.6) is 5.75 Å². The van der Waals surface area contributed by atoms with Gasteiger partial charge in [-0.1, -0.05) is 12.1 Å². The van der Waals surface area contributed by atoms with E-state index in [4.69, 9.17) is 10.5 Å². The van der Waals surface area contributed by atoms with Crippen LogP contribution < -0.4 is 10.5 Å². The van der Waals surface area contributed by atoms with Gasteiger partial charge in [-0.3, -0.25) is 4.90 Å². The van der Waals surface area contributed by atoms with Crippen LogP contribution in [0.25, 0.3) is 0 Å². The highest BCUT2D eigenvalue weighted by molar-refractivity contribution is 5.30. The second kappa shape index (κ2) is 7.13. The van der Waals surface area contributed by atoms with Crippen LogP contribution in [0, 0.1) is 0 Å². The number of nitrogens with zero attached hydrogens (tertiary/aromatic N) is 1. The minimum atomic E-state index is -4.26. The van der Waals surface area contributed by atoms with E-state index >= 15 is 0 Å². The van der Waals surface area contributed by atoms with Gasteiger partial charge in [0.1, 0.15) is 5.75 Å². The van der Waals surface area contributed by atoms with Gasteiger partial charge in [-0.2, -0.15) is 13.2 Å². The summed E-state index contributed by atoms with van der Waals surface area (Å²) in [4.78, 5) is 1.38. The quantitative estimate of drug-likeness (QED) is 0.876. The largest absolute Gasteiger partial charge is 0.497 e. The van der Waals surface area contributed by atoms with Gasteiger partial charge in [-0.25, -0.2) is 0 Å². The van der Waals surface area contributed by atoms with E-state index in [2.05, 4.69) is 0 Å². The summed E-state index contributed by atoms with van der Waals surface area (Å²) in [5, 5.41) is 0. The summed E-state index contributed by atoms with van der Waals surface area (Å²) in [6.07, 6.45) is -4.26. The predicted octanol–water partition coefficient (Wildman–Crippen LogP) is 3.36. The molecule has 1 aromatic rings. The molecule has 0 fully saturated rings. The Morgan fingerprint density at radius 3 is 2.00 bits per heavy atom. The number of hydrogen-bond acceptors (Lipinski definition) is 3. The maximum atomic E-state index is 12.8. The molecular formula is C15H23F3N2O. The summed E-state index contributed by atoms with van der Waals surface area (Å²) in [7, 11) is 1.54. The number of methoxy groups -OCH3 is 1. The Balaban J connectivity index is 3.11. The van der Waals surface area contributed by atoms with Gasteiger partial charge < -0.3 is 10.5 Å². The summed E-state index contributed by atoms with van der Waals surface area (Å²) < 4.78 is 43.5. The lowest BCUT2D eigenvalue weighted by molar-refractivity contribution is -0.156. The first kappa shape index (κ1) is 17.8. The first-order valence-electron chi connectivity index (χ1n) is 6.87. The Labute approximate surface area is 123 Å². The number of nitrogens with two attached hydrogens (primary N) is 1. The number of rotatable bonds is 6. The molecule has 21 heavy (non-hydrogen) atoms. The smallest absolute Gasteiger partial charge is 0.401 e. The molecule has 3 nitrogen and oxygen atoms in total. The van der Waals surface area contributed by atoms with Crippen molar-refractivity contribution < 1.29 is 17.9 Å². The van der Waals surface area contributed by atoms with Crippen molar-refractivity contribution in [3.63, 3.8) is 0 Å². The summed E-state index contributed by atoms with van der Waals surface area (Å²) in [6, 6.07) is 5.79. The van der Waals surface area contributed by atoms with Gasteiger partial charge in [-0.05, 0) is 38.5 Å². The third-order valence-electron chi connectivity index (χ3n) is 3.34. The van der Waals surface area contributed by atoms with Crippen LogP contribution in [-0.2, 0) is 0 Å². The van der Waals surface area contributed by atoms with Gasteiger partial charge in [0.15, 0.2) is 0 Å². The summed E-state index contributed by atoms with van der Waals surface area (Å²) in [6.45, 7) is 4.22. The first-order valence-corrected chi connectivity index (χ1v) is 6.87. The van der Waals surface area contributed by atoms with Gasteiger partial charge >= 0.3 is 6.18 Å². The van der Waals surface area contributed by atoms with Crippen molar-refractivity contribution in [1.82, 2.24) is 4.90 Å². The lowest BCUT2D eigenvalue weighted by atomic mass is 9.97. The number of alkyl halides is 3. The summed E-state index contributed by atoms with van der Waals surface area (Å²) in [5.74, 6) is 0.661. The summed E-state index contributed by atoms with van der Waals surface area (Å²) >= 11 is 0. The SMILES string of the molecule is COc1ccc(C(C(C)N)N(CC(F)(F)F)C(C)C)cc1. The molecule has 2 unspecified atom stereocenters. The topological polar surface area (TPSA) is 38.5 Å². The molecule has 120 valence electrons. The van der Waals surface area contributed by atoms with E-state index in [1.807, 2.05) is 0 Å². The highest BCUT2D eigenvalue weighted by Gasteiger charge is 2.36. The van der Waals surface area contributed by atoms with Gasteiger partial charge in [-0.15, -0.1) is 0 Å². The number of hydrogen-bond donors (Lipinski definition) is 1. The van der Waals surface area contributed by atoms with Crippen molar-refractivity contribution in [2.45, 2.75) is 45.1 Å². The van der Waals surface area contributed by atoms with Crippen LogP contribution >= 0.6 is 0 Å². The van der Waals surface area contributed by atoms with Crippen LogP contribution in [-0.4, -0.2) is 36.8 Å². The molecular weight excluding hydrogens is 281 g/mol. The molecule has 0 saturated heterocycles. The Kier molecular flexibility index (Phi) is 6.04. The highest BCUT2D eigenvalue weighted by atomic mass is 19.4. The van der Waals surface area contributed by atoms with E-state index in [9.17, 15) is 13.2 Å². The molecule has 2 N–H and O–H groups in total. The van der Waals surface area contributed by atoms with Gasteiger partial charge in [0.05, 0.1) is 19.7 Å². The fourth-order valence-corrected chi connectivity index (χ4v) is 2.41. The standard InChI is InChI=1S/C15H23F3N2O/c1-10(2)20(9-15(16,17)18)14(11(3)19)12-5-7-13(21-4)8-6-12/h5-8,10-11,14H,9,19H2,1-4H3. The van der Waals surface area contributed by atoms with Crippen molar-refractivity contribution in [2.24, 2.45) is 5.73 Å². The molecule has 0 aliphatic rings. The fraction of sp³-hybridized carbons (Fsp3) is 0.600. The monoisotopic (exact) mass is 304 g/mol. The van der Waals surface area contributed by atoms with Gasteiger partial charge in [0.25, 0.3) is 0 Å². The molecule has 0 aromatic heterocycles. The zero-order valence-corrected chi connectivity index (χ0v) is 12.8. The molecule has 0 aliphatic carbocycles. The van der Waals surface area contributed by atoms with E-state index < -0.39 is 24.8 Å². The average molecular weight is 304 g/mol. The van der Waals surface area contributed by atoms with Crippen LogP contribution in [0.4, 0.5) is 13.2 Å². The second-order valence-electron chi connectivity index (χ2n) is 5.46. The summed E-state index contributed by atoms with van der Waals surface area (Å²) in [5.41, 5.74) is 6.71. The number of ether oxygens (including phenoxy) is 1. The lowest BCUT2D eigenvalue weighted by Gasteiger charge is -2.38. The molecule has 0 bridgehead atoms. The van der Waals surface area contributed by atoms with E-state index in [0.29, 0.717) is 5.75 Å². The molecule has 0 radical (unpaired) electrons. The zero-order valence-electron chi connectivity index (χ0n) is 12.8. The average Bonchev–Trinajstić information content (AvgIpc) is 2.36. The van der Waals surface area contributed by atoms with Crippen molar-refractivity contribution >= 4 is 0 Å². The van der Waals surface area contributed by atoms with E-state index in [-0.39, 0.29) is 6.04 Å². The van der Waals surface area contributed by atoms with E-state index in [1.165, 1.54) is 4.90 Å². The van der Waals surface area contributed by atoms with Crippen molar-refractivity contribution in [1.29, 1.82) is 0 Å². The molecule has 1 rings (SSSR count). The minimum absolute atomic E-state index is 0.273. The highest BCUT2D eigenvalue weighted by Crippen LogP contribution is 2.30. The molecule has 0 saturated carbocycles. The van der Waals surface area contributed by atoms with E-state index in [1.54, 1.807) is 52.1 Å². The third-order valence-corrected chi connectivity index (χ3v) is 3.34. The molecule has 1 aromatic carbocycles. The first-order chi connectivity index (χ1) is 9.65. The second-order valence-corrected chi connectivity index (χ2v) is 5.46. The minimum Gasteiger partial charge on any atom is -0.497 e. The van der Waals surface area contributed by atoms with Crippen molar-refractivity contribution in [3.05, 3.63) is 29.8 Å². The van der Waals surface area contributed by atoms with Crippen LogP contribution in [0.15, 0.2) is 24.3 Å². The molecule has 6 heteroatoms. The maximum Gasteiger partial charge on any atom is 0.401 e. The number of benzene rings is 1. The zero-order chi connectivity index (χ0) is 16.2. The fourth-order valence-electron chi connectivity index (χ4n) is 2.41. The van der Waals surface area contributed by atoms with Gasteiger partial charge in [0.2, 0.25) is 0 Å². The lowest BCUT2D eigenvalue weighted by Crippen LogP contribution is -2.47. The number of halogens is 3. The molecule has 0 heterocycles. The van der Waals surface area contributed by atoms with Crippen molar-refractivity contribution in [2.75, 3.05) is 13.7 Å². The molecule has 0 spiro atoms. The van der Waals surface area contributed by atoms with Crippen LogP contribution in [0.1, 0.15) is 32.4 Å². The van der Waals surface area contributed by atoms with Crippen LogP contribution in [0.3, 0.4) is 0 Å². The predicted molar refractivity (Wildman–Crippen MR) is 77.3 cm³/mol. The Morgan fingerprint density at radius 1 is 1.14 bits per heavy atom. The van der Waals surface area contributed by atoms with Crippen molar-refractivity contribution in [3.8, 4) is 5.75 Å². The normalized spacial score (nSPS) is 15.3. The Hall–Kier alpha value is -1.27. The maximum absolute atomic E-state index is 12.8.